The van der Waals surface area contributed by atoms with Gasteiger partial charge in [0.2, 0.25) is 0 Å². The fourth-order valence-corrected chi connectivity index (χ4v) is 1.98. The number of hydrogen-bond donors (Lipinski definition) is 1. The van der Waals surface area contributed by atoms with Crippen molar-refractivity contribution in [2.24, 2.45) is 0 Å². The molecule has 0 saturated heterocycles. The lowest BCUT2D eigenvalue weighted by atomic mass is 10.1. The summed E-state index contributed by atoms with van der Waals surface area (Å²) in [4.78, 5) is 0.961. The zero-order chi connectivity index (χ0) is 11.5. The molecule has 4 heteroatoms. The number of benzene rings is 1. The van der Waals surface area contributed by atoms with Crippen LogP contribution in [0, 0.1) is 0 Å². The summed E-state index contributed by atoms with van der Waals surface area (Å²) in [6, 6.07) is 6.04. The smallest absolute Gasteiger partial charge is 0.295 e. The van der Waals surface area contributed by atoms with Gasteiger partial charge in [-0.3, -0.25) is 0 Å². The number of rotatable bonds is 4. The van der Waals surface area contributed by atoms with Gasteiger partial charge in [0.15, 0.2) is 0 Å². The molecule has 15 heavy (non-hydrogen) atoms. The van der Waals surface area contributed by atoms with E-state index in [-0.39, 0.29) is 5.56 Å². The molecule has 84 valence electrons. The molecule has 0 saturated carbocycles. The zero-order valence-corrected chi connectivity index (χ0v) is 9.52. The first-order valence-electron chi connectivity index (χ1n) is 4.71. The number of hydrogen-bond acceptors (Lipinski definition) is 2. The highest BCUT2D eigenvalue weighted by atomic mass is 32.2. The zero-order valence-electron chi connectivity index (χ0n) is 8.71. The molecule has 0 bridgehead atoms. The summed E-state index contributed by atoms with van der Waals surface area (Å²) in [5.41, 5.74) is -0.141. The van der Waals surface area contributed by atoms with Crippen LogP contribution in [0.2, 0.25) is 0 Å². The van der Waals surface area contributed by atoms with Crippen molar-refractivity contribution in [3.8, 4) is 0 Å². The van der Waals surface area contributed by atoms with Crippen LogP contribution in [-0.2, 0) is 5.92 Å². The molecule has 0 radical (unpaired) electrons. The maximum Gasteiger partial charge on any atom is 0.295 e. The summed E-state index contributed by atoms with van der Waals surface area (Å²) in [7, 11) is 0. The monoisotopic (exact) mass is 232 g/mol. The third-order valence-electron chi connectivity index (χ3n) is 1.85. The largest absolute Gasteiger partial charge is 0.390 e. The molecule has 1 nitrogen and oxygen atoms in total. The van der Waals surface area contributed by atoms with Gasteiger partial charge in [0.25, 0.3) is 5.92 Å². The quantitative estimate of drug-likeness (QED) is 0.804. The first-order chi connectivity index (χ1) is 6.95. The van der Waals surface area contributed by atoms with Crippen LogP contribution in [0.1, 0.15) is 19.4 Å². The Labute approximate surface area is 92.5 Å². The van der Waals surface area contributed by atoms with E-state index in [1.807, 2.05) is 13.8 Å². The summed E-state index contributed by atoms with van der Waals surface area (Å²) in [5, 5.41) is 8.93. The van der Waals surface area contributed by atoms with Gasteiger partial charge in [-0.25, -0.2) is 0 Å². The molecule has 1 rings (SSSR count). The van der Waals surface area contributed by atoms with E-state index >= 15 is 0 Å². The molecule has 0 aliphatic heterocycles. The van der Waals surface area contributed by atoms with Crippen LogP contribution in [0.15, 0.2) is 29.2 Å². The highest BCUT2D eigenvalue weighted by Crippen LogP contribution is 2.30. The van der Waals surface area contributed by atoms with Crippen LogP contribution in [0.3, 0.4) is 0 Å². The second kappa shape index (κ2) is 4.94. The van der Waals surface area contributed by atoms with Crippen LogP contribution >= 0.6 is 11.8 Å². The summed E-state index contributed by atoms with van der Waals surface area (Å²) >= 11 is 1.62. The highest BCUT2D eigenvalue weighted by molar-refractivity contribution is 7.99. The first-order valence-corrected chi connectivity index (χ1v) is 5.59. The Bertz CT molecular complexity index is 309. The molecule has 0 aliphatic carbocycles. The second-order valence-corrected chi connectivity index (χ2v) is 5.20. The van der Waals surface area contributed by atoms with Crippen molar-refractivity contribution in [1.82, 2.24) is 0 Å². The fourth-order valence-electron chi connectivity index (χ4n) is 1.14. The first kappa shape index (κ1) is 12.5. The van der Waals surface area contributed by atoms with Gasteiger partial charge in [0.05, 0.1) is 0 Å². The van der Waals surface area contributed by atoms with Crippen LogP contribution in [0.25, 0.3) is 0 Å². The predicted octanol–water partition coefficient (Wildman–Crippen LogP) is 3.27. The highest BCUT2D eigenvalue weighted by Gasteiger charge is 2.30. The van der Waals surface area contributed by atoms with E-state index in [9.17, 15) is 8.78 Å². The number of thioether (sulfide) groups is 1. The van der Waals surface area contributed by atoms with Crippen molar-refractivity contribution >= 4 is 11.8 Å². The number of aliphatic hydroxyl groups excluding tert-OH is 1. The van der Waals surface area contributed by atoms with Gasteiger partial charge in [0, 0.05) is 15.7 Å². The summed E-state index contributed by atoms with van der Waals surface area (Å²) in [5.74, 6) is -3.14. The Kier molecular flexibility index (Phi) is 4.11. The minimum Gasteiger partial charge on any atom is -0.390 e. The molecule has 1 aromatic rings. The Hall–Kier alpha value is -0.610. The standard InChI is InChI=1S/C11H14F2OS/c1-8(2)15-10-5-3-9(4-6-10)11(12,13)7-14/h3-6,8,14H,7H2,1-2H3. The SMILES string of the molecule is CC(C)Sc1ccc(C(F)(F)CO)cc1. The predicted molar refractivity (Wildman–Crippen MR) is 58.4 cm³/mol. The molecule has 0 atom stereocenters. The van der Waals surface area contributed by atoms with Crippen LogP contribution in [0.5, 0.6) is 0 Å². The lowest BCUT2D eigenvalue weighted by Gasteiger charge is -2.14. The minimum atomic E-state index is -3.14. The maximum atomic E-state index is 13.0. The Balaban J connectivity index is 2.81. The van der Waals surface area contributed by atoms with E-state index in [1.54, 1.807) is 23.9 Å². The van der Waals surface area contributed by atoms with E-state index in [4.69, 9.17) is 5.11 Å². The normalized spacial score (nSPS) is 12.1. The van der Waals surface area contributed by atoms with Gasteiger partial charge in [0.1, 0.15) is 6.61 Å². The Morgan fingerprint density at radius 3 is 2.20 bits per heavy atom. The Morgan fingerprint density at radius 1 is 1.27 bits per heavy atom. The molecule has 0 unspecified atom stereocenters. The van der Waals surface area contributed by atoms with E-state index in [0.29, 0.717) is 5.25 Å². The van der Waals surface area contributed by atoms with Crippen LogP contribution in [0.4, 0.5) is 8.78 Å². The van der Waals surface area contributed by atoms with Crippen molar-refractivity contribution < 1.29 is 13.9 Å². The topological polar surface area (TPSA) is 20.2 Å². The van der Waals surface area contributed by atoms with Crippen molar-refractivity contribution in [1.29, 1.82) is 0 Å². The lowest BCUT2D eigenvalue weighted by Crippen LogP contribution is -2.18. The third-order valence-corrected chi connectivity index (χ3v) is 2.86. The molecule has 1 N–H and O–H groups in total. The lowest BCUT2D eigenvalue weighted by molar-refractivity contribution is -0.0556. The summed E-state index contributed by atoms with van der Waals surface area (Å²) in [6.45, 7) is 2.94. The summed E-state index contributed by atoms with van der Waals surface area (Å²) in [6.07, 6.45) is 0. The van der Waals surface area contributed by atoms with Crippen molar-refractivity contribution in [2.75, 3.05) is 6.61 Å². The fraction of sp³-hybridized carbons (Fsp3) is 0.455. The molecule has 0 aliphatic rings. The van der Waals surface area contributed by atoms with Crippen molar-refractivity contribution in [2.45, 2.75) is 29.9 Å². The van der Waals surface area contributed by atoms with E-state index < -0.39 is 12.5 Å². The van der Waals surface area contributed by atoms with Gasteiger partial charge in [-0.05, 0) is 12.1 Å². The van der Waals surface area contributed by atoms with Gasteiger partial charge in [-0.2, -0.15) is 8.78 Å². The number of aliphatic hydroxyl groups is 1. The van der Waals surface area contributed by atoms with E-state index in [1.165, 1.54) is 12.1 Å². The third kappa shape index (κ3) is 3.47. The van der Waals surface area contributed by atoms with Crippen molar-refractivity contribution in [3.05, 3.63) is 29.8 Å². The number of alkyl halides is 2. The molecule has 1 aromatic carbocycles. The molecular formula is C11H14F2OS. The molecule has 0 aromatic heterocycles. The summed E-state index contributed by atoms with van der Waals surface area (Å²) < 4.78 is 26.0. The van der Waals surface area contributed by atoms with Crippen LogP contribution < -0.4 is 0 Å². The van der Waals surface area contributed by atoms with E-state index in [2.05, 4.69) is 0 Å². The van der Waals surface area contributed by atoms with Gasteiger partial charge < -0.3 is 5.11 Å². The second-order valence-electron chi connectivity index (χ2n) is 3.55. The number of halogens is 2. The molecule has 0 amide bonds. The maximum absolute atomic E-state index is 13.0. The van der Waals surface area contributed by atoms with E-state index in [0.717, 1.165) is 4.90 Å². The minimum absolute atomic E-state index is 0.141. The van der Waals surface area contributed by atoms with Gasteiger partial charge in [-0.1, -0.05) is 26.0 Å². The van der Waals surface area contributed by atoms with Crippen LogP contribution in [-0.4, -0.2) is 17.0 Å². The molecule has 0 spiro atoms. The molecule has 0 heterocycles. The molecular weight excluding hydrogens is 218 g/mol. The Morgan fingerprint density at radius 2 is 1.80 bits per heavy atom. The van der Waals surface area contributed by atoms with Crippen molar-refractivity contribution in [3.63, 3.8) is 0 Å². The van der Waals surface area contributed by atoms with Gasteiger partial charge in [-0.15, -0.1) is 11.8 Å². The average Bonchev–Trinajstić information content (AvgIpc) is 2.18. The average molecular weight is 232 g/mol. The molecule has 0 fully saturated rings. The van der Waals surface area contributed by atoms with Gasteiger partial charge >= 0.3 is 0 Å².